The zero-order chi connectivity index (χ0) is 11.7. The number of hydrogen-bond donors (Lipinski definition) is 1. The Morgan fingerprint density at radius 3 is 2.81 bits per heavy atom. The van der Waals surface area contributed by atoms with Gasteiger partial charge in [-0.25, -0.2) is 9.78 Å². The molecule has 6 heteroatoms. The second-order valence-electron chi connectivity index (χ2n) is 3.18. The van der Waals surface area contributed by atoms with Crippen molar-refractivity contribution in [1.82, 2.24) is 14.5 Å². The minimum absolute atomic E-state index is 0.124. The highest BCUT2D eigenvalue weighted by Gasteiger charge is 2.19. The molecule has 0 saturated heterocycles. The number of carboxylic acid groups (broad SMARTS) is 1. The zero-order valence-electron chi connectivity index (χ0n) is 8.38. The Labute approximate surface area is 99.9 Å². The second kappa shape index (κ2) is 4.05. The number of imidazole rings is 1. The molecule has 0 aliphatic rings. The van der Waals surface area contributed by atoms with Crippen LogP contribution in [-0.2, 0) is 7.05 Å². The van der Waals surface area contributed by atoms with Crippen molar-refractivity contribution < 1.29 is 9.90 Å². The van der Waals surface area contributed by atoms with E-state index in [0.29, 0.717) is 10.4 Å². The van der Waals surface area contributed by atoms with Gasteiger partial charge in [-0.3, -0.25) is 4.98 Å². The second-order valence-corrected chi connectivity index (χ2v) is 3.93. The topological polar surface area (TPSA) is 68.0 Å². The fourth-order valence-corrected chi connectivity index (χ4v) is 2.05. The summed E-state index contributed by atoms with van der Waals surface area (Å²) in [5.74, 6) is -0.450. The van der Waals surface area contributed by atoms with Gasteiger partial charge >= 0.3 is 5.97 Å². The lowest BCUT2D eigenvalue weighted by Gasteiger charge is -2.02. The first kappa shape index (κ1) is 10.8. The predicted molar refractivity (Wildman–Crippen MR) is 61.1 cm³/mol. The van der Waals surface area contributed by atoms with E-state index in [0.717, 1.165) is 5.56 Å². The summed E-state index contributed by atoms with van der Waals surface area (Å²) < 4.78 is 1.84. The minimum atomic E-state index is -1.02. The van der Waals surface area contributed by atoms with Gasteiger partial charge in [0.05, 0.1) is 0 Å². The first-order chi connectivity index (χ1) is 7.61. The number of halogens is 1. The fraction of sp³-hybridized carbons (Fsp3) is 0.100. The van der Waals surface area contributed by atoms with Crippen molar-refractivity contribution in [3.8, 4) is 11.4 Å². The highest BCUT2D eigenvalue weighted by atomic mass is 79.9. The maximum absolute atomic E-state index is 11.0. The lowest BCUT2D eigenvalue weighted by Crippen LogP contribution is -2.05. The van der Waals surface area contributed by atoms with Gasteiger partial charge in [0.2, 0.25) is 0 Å². The van der Waals surface area contributed by atoms with E-state index in [4.69, 9.17) is 5.11 Å². The van der Waals surface area contributed by atoms with Crippen LogP contribution in [0, 0.1) is 0 Å². The standard InChI is InChI=1S/C10H8BrN3O2/c1-14-7(10(15)16)8(11)13-9(14)6-3-2-4-12-5-6/h2-5H,1H3,(H,15,16). The molecule has 0 spiro atoms. The van der Waals surface area contributed by atoms with E-state index in [1.54, 1.807) is 25.5 Å². The van der Waals surface area contributed by atoms with Gasteiger partial charge in [-0.1, -0.05) is 0 Å². The quantitative estimate of drug-likeness (QED) is 0.914. The Bertz CT molecular complexity index is 536. The summed E-state index contributed by atoms with van der Waals surface area (Å²) in [4.78, 5) is 19.1. The Hall–Kier alpha value is -1.69. The molecule has 1 N–H and O–H groups in total. The van der Waals surface area contributed by atoms with Crippen molar-refractivity contribution >= 4 is 21.9 Å². The van der Waals surface area contributed by atoms with E-state index in [2.05, 4.69) is 25.9 Å². The van der Waals surface area contributed by atoms with Crippen molar-refractivity contribution in [3.63, 3.8) is 0 Å². The molecular formula is C10H8BrN3O2. The van der Waals surface area contributed by atoms with Crippen LogP contribution in [0.15, 0.2) is 29.1 Å². The third kappa shape index (κ3) is 1.71. The molecule has 16 heavy (non-hydrogen) atoms. The summed E-state index contributed by atoms with van der Waals surface area (Å²) >= 11 is 3.13. The third-order valence-electron chi connectivity index (χ3n) is 2.17. The smallest absolute Gasteiger partial charge is 0.355 e. The van der Waals surface area contributed by atoms with Crippen molar-refractivity contribution in [2.24, 2.45) is 7.05 Å². The Morgan fingerprint density at radius 2 is 2.31 bits per heavy atom. The van der Waals surface area contributed by atoms with Gasteiger partial charge in [0, 0.05) is 25.0 Å². The average molecular weight is 282 g/mol. The van der Waals surface area contributed by atoms with Gasteiger partial charge in [0.15, 0.2) is 5.69 Å². The largest absolute Gasteiger partial charge is 0.476 e. The number of hydrogen-bond acceptors (Lipinski definition) is 3. The van der Waals surface area contributed by atoms with Crippen LogP contribution in [0.1, 0.15) is 10.5 Å². The molecule has 2 rings (SSSR count). The number of rotatable bonds is 2. The molecule has 0 amide bonds. The van der Waals surface area contributed by atoms with E-state index in [1.807, 2.05) is 6.07 Å². The molecule has 0 unspecified atom stereocenters. The Balaban J connectivity index is 2.61. The Kier molecular flexibility index (Phi) is 2.74. The van der Waals surface area contributed by atoms with Crippen LogP contribution in [0.25, 0.3) is 11.4 Å². The van der Waals surface area contributed by atoms with Crippen LogP contribution < -0.4 is 0 Å². The number of aromatic nitrogens is 3. The molecule has 0 atom stereocenters. The molecule has 0 aromatic carbocycles. The Morgan fingerprint density at radius 1 is 1.56 bits per heavy atom. The highest BCUT2D eigenvalue weighted by molar-refractivity contribution is 9.10. The molecule has 5 nitrogen and oxygen atoms in total. The van der Waals surface area contributed by atoms with E-state index < -0.39 is 5.97 Å². The van der Waals surface area contributed by atoms with Crippen molar-refractivity contribution in [2.75, 3.05) is 0 Å². The molecule has 82 valence electrons. The lowest BCUT2D eigenvalue weighted by molar-refractivity contribution is 0.0685. The lowest BCUT2D eigenvalue weighted by atomic mass is 10.3. The first-order valence-corrected chi connectivity index (χ1v) is 5.26. The van der Waals surface area contributed by atoms with Gasteiger partial charge in [0.25, 0.3) is 0 Å². The molecule has 0 aliphatic carbocycles. The average Bonchev–Trinajstić information content (AvgIpc) is 2.55. The maximum Gasteiger partial charge on any atom is 0.355 e. The fourth-order valence-electron chi connectivity index (χ4n) is 1.45. The van der Waals surface area contributed by atoms with Gasteiger partial charge < -0.3 is 9.67 Å². The molecule has 0 fully saturated rings. The highest BCUT2D eigenvalue weighted by Crippen LogP contribution is 2.23. The number of pyridine rings is 1. The zero-order valence-corrected chi connectivity index (χ0v) is 9.97. The predicted octanol–water partition coefficient (Wildman–Crippen LogP) is 1.94. The van der Waals surface area contributed by atoms with E-state index in [1.165, 1.54) is 4.57 Å². The number of nitrogens with zero attached hydrogens (tertiary/aromatic N) is 3. The molecule has 0 radical (unpaired) electrons. The number of carbonyl (C=O) groups is 1. The normalized spacial score (nSPS) is 10.4. The van der Waals surface area contributed by atoms with E-state index in [-0.39, 0.29) is 5.69 Å². The van der Waals surface area contributed by atoms with E-state index >= 15 is 0 Å². The first-order valence-electron chi connectivity index (χ1n) is 4.47. The van der Waals surface area contributed by atoms with Crippen LogP contribution in [0.4, 0.5) is 0 Å². The summed E-state index contributed by atoms with van der Waals surface area (Å²) in [5.41, 5.74) is 0.900. The molecule has 2 aromatic heterocycles. The molecule has 0 aliphatic heterocycles. The van der Waals surface area contributed by atoms with Gasteiger partial charge in [-0.2, -0.15) is 0 Å². The summed E-state index contributed by atoms with van der Waals surface area (Å²) in [6.45, 7) is 0. The monoisotopic (exact) mass is 281 g/mol. The minimum Gasteiger partial charge on any atom is -0.476 e. The number of aromatic carboxylic acids is 1. The summed E-state index contributed by atoms with van der Waals surface area (Å²) in [6.07, 6.45) is 3.29. The molecular weight excluding hydrogens is 274 g/mol. The molecule has 0 saturated carbocycles. The van der Waals surface area contributed by atoms with Crippen LogP contribution in [-0.4, -0.2) is 25.6 Å². The van der Waals surface area contributed by atoms with Gasteiger partial charge in [-0.15, -0.1) is 0 Å². The van der Waals surface area contributed by atoms with Crippen molar-refractivity contribution in [1.29, 1.82) is 0 Å². The summed E-state index contributed by atoms with van der Waals surface area (Å²) in [7, 11) is 1.66. The number of carboxylic acids is 1. The van der Waals surface area contributed by atoms with Crippen LogP contribution in [0.5, 0.6) is 0 Å². The van der Waals surface area contributed by atoms with Crippen LogP contribution >= 0.6 is 15.9 Å². The molecule has 0 bridgehead atoms. The van der Waals surface area contributed by atoms with Gasteiger partial charge in [-0.05, 0) is 28.1 Å². The molecule has 2 heterocycles. The van der Waals surface area contributed by atoms with Gasteiger partial charge in [0.1, 0.15) is 10.4 Å². The maximum atomic E-state index is 11.0. The molecule has 2 aromatic rings. The third-order valence-corrected chi connectivity index (χ3v) is 2.73. The van der Waals surface area contributed by atoms with Crippen molar-refractivity contribution in [2.45, 2.75) is 0 Å². The summed E-state index contributed by atoms with van der Waals surface area (Å²) in [6, 6.07) is 3.60. The van der Waals surface area contributed by atoms with E-state index in [9.17, 15) is 4.79 Å². The summed E-state index contributed by atoms with van der Waals surface area (Å²) in [5, 5.41) is 9.00. The van der Waals surface area contributed by atoms with Crippen LogP contribution in [0.3, 0.4) is 0 Å². The SMILES string of the molecule is Cn1c(-c2cccnc2)nc(Br)c1C(=O)O. The van der Waals surface area contributed by atoms with Crippen molar-refractivity contribution in [3.05, 3.63) is 34.8 Å². The van der Waals surface area contributed by atoms with Crippen LogP contribution in [0.2, 0.25) is 0 Å².